The van der Waals surface area contributed by atoms with Crippen molar-refractivity contribution in [1.82, 2.24) is 10.2 Å². The SMILES string of the molecule is COc1cc(C)c(C)cc1S(=O)(=O)Nc1cccc(-c2ccc(OCC(C)C)nn2)c1. The maximum absolute atomic E-state index is 13.0. The molecule has 0 saturated heterocycles. The van der Waals surface area contributed by atoms with Crippen molar-refractivity contribution in [2.24, 2.45) is 5.92 Å². The van der Waals surface area contributed by atoms with Gasteiger partial charge in [0.15, 0.2) is 0 Å². The zero-order chi connectivity index (χ0) is 22.6. The van der Waals surface area contributed by atoms with Crippen LogP contribution in [-0.4, -0.2) is 32.3 Å². The molecular formula is C23H27N3O4S. The molecule has 0 amide bonds. The lowest BCUT2D eigenvalue weighted by atomic mass is 10.1. The lowest BCUT2D eigenvalue weighted by molar-refractivity contribution is 0.258. The molecule has 0 spiro atoms. The van der Waals surface area contributed by atoms with Gasteiger partial charge in [-0.2, -0.15) is 0 Å². The number of nitrogens with one attached hydrogen (secondary N) is 1. The molecule has 0 bridgehead atoms. The Balaban J connectivity index is 1.85. The molecule has 1 aromatic heterocycles. The Bertz CT molecular complexity index is 1160. The molecule has 0 saturated carbocycles. The summed E-state index contributed by atoms with van der Waals surface area (Å²) in [7, 11) is -2.39. The minimum atomic E-state index is -3.85. The highest BCUT2D eigenvalue weighted by atomic mass is 32.2. The van der Waals surface area contributed by atoms with Crippen molar-refractivity contribution in [3.63, 3.8) is 0 Å². The Hall–Kier alpha value is -3.13. The van der Waals surface area contributed by atoms with Crippen LogP contribution in [0.25, 0.3) is 11.3 Å². The highest BCUT2D eigenvalue weighted by Crippen LogP contribution is 2.30. The summed E-state index contributed by atoms with van der Waals surface area (Å²) in [6.07, 6.45) is 0. The van der Waals surface area contributed by atoms with Crippen molar-refractivity contribution in [2.45, 2.75) is 32.6 Å². The molecule has 1 heterocycles. The van der Waals surface area contributed by atoms with Crippen LogP contribution in [0.1, 0.15) is 25.0 Å². The number of aryl methyl sites for hydroxylation is 2. The van der Waals surface area contributed by atoms with Crippen molar-refractivity contribution >= 4 is 15.7 Å². The van der Waals surface area contributed by atoms with Crippen molar-refractivity contribution < 1.29 is 17.9 Å². The van der Waals surface area contributed by atoms with Gasteiger partial charge in [0.25, 0.3) is 10.0 Å². The second-order valence-electron chi connectivity index (χ2n) is 7.74. The Morgan fingerprint density at radius 2 is 1.74 bits per heavy atom. The van der Waals surface area contributed by atoms with E-state index in [0.29, 0.717) is 35.5 Å². The number of hydrogen-bond donors (Lipinski definition) is 1. The van der Waals surface area contributed by atoms with E-state index < -0.39 is 10.0 Å². The van der Waals surface area contributed by atoms with Crippen molar-refractivity contribution in [2.75, 3.05) is 18.4 Å². The summed E-state index contributed by atoms with van der Waals surface area (Å²) in [5.41, 5.74) is 3.58. The topological polar surface area (TPSA) is 90.4 Å². The van der Waals surface area contributed by atoms with Crippen LogP contribution in [0.5, 0.6) is 11.6 Å². The standard InChI is InChI=1S/C23H27N3O4S/c1-15(2)14-30-23-10-9-20(24-25-23)18-7-6-8-19(13-18)26-31(27,28)22-12-17(4)16(3)11-21(22)29-5/h6-13,15,26H,14H2,1-5H3. The van der Waals surface area contributed by atoms with Gasteiger partial charge in [-0.25, -0.2) is 8.42 Å². The van der Waals surface area contributed by atoms with Crippen molar-refractivity contribution in [3.8, 4) is 22.9 Å². The third-order valence-electron chi connectivity index (χ3n) is 4.68. The lowest BCUT2D eigenvalue weighted by Gasteiger charge is -2.14. The molecule has 1 N–H and O–H groups in total. The van der Waals surface area contributed by atoms with Gasteiger partial charge < -0.3 is 9.47 Å². The van der Waals surface area contributed by atoms with Gasteiger partial charge in [-0.3, -0.25) is 4.72 Å². The third kappa shape index (κ3) is 5.52. The molecule has 0 fully saturated rings. The van der Waals surface area contributed by atoms with E-state index in [1.807, 2.05) is 19.9 Å². The van der Waals surface area contributed by atoms with Crippen LogP contribution >= 0.6 is 0 Å². The molecule has 0 radical (unpaired) electrons. The first-order valence-corrected chi connectivity index (χ1v) is 11.4. The van der Waals surface area contributed by atoms with Gasteiger partial charge in [0.1, 0.15) is 10.6 Å². The summed E-state index contributed by atoms with van der Waals surface area (Å²) in [6.45, 7) is 8.45. The molecule has 3 aromatic rings. The third-order valence-corrected chi connectivity index (χ3v) is 6.09. The van der Waals surface area contributed by atoms with Crippen molar-refractivity contribution in [1.29, 1.82) is 0 Å². The van der Waals surface area contributed by atoms with Gasteiger partial charge in [0.2, 0.25) is 5.88 Å². The highest BCUT2D eigenvalue weighted by molar-refractivity contribution is 7.92. The van der Waals surface area contributed by atoms with E-state index in [2.05, 4.69) is 28.8 Å². The van der Waals surface area contributed by atoms with E-state index in [1.165, 1.54) is 7.11 Å². The molecule has 7 nitrogen and oxygen atoms in total. The lowest BCUT2D eigenvalue weighted by Crippen LogP contribution is -2.14. The van der Waals surface area contributed by atoms with Crippen LogP contribution < -0.4 is 14.2 Å². The largest absolute Gasteiger partial charge is 0.495 e. The molecule has 164 valence electrons. The Kier molecular flexibility index (Phi) is 6.80. The maximum atomic E-state index is 13.0. The van der Waals surface area contributed by atoms with Crippen LogP contribution in [0.3, 0.4) is 0 Å². The summed E-state index contributed by atoms with van der Waals surface area (Å²) in [5.74, 6) is 1.15. The Morgan fingerprint density at radius 3 is 2.39 bits per heavy atom. The highest BCUT2D eigenvalue weighted by Gasteiger charge is 2.21. The van der Waals surface area contributed by atoms with Gasteiger partial charge >= 0.3 is 0 Å². The molecule has 0 atom stereocenters. The molecule has 0 aliphatic heterocycles. The van der Waals surface area contributed by atoms with Gasteiger partial charge in [0, 0.05) is 17.3 Å². The summed E-state index contributed by atoms with van der Waals surface area (Å²) >= 11 is 0. The van der Waals surface area contributed by atoms with E-state index in [1.54, 1.807) is 42.5 Å². The number of aromatic nitrogens is 2. The molecule has 0 unspecified atom stereocenters. The first kappa shape index (κ1) is 22.6. The summed E-state index contributed by atoms with van der Waals surface area (Å²) in [5, 5.41) is 8.29. The van der Waals surface area contributed by atoms with Crippen LogP contribution in [0, 0.1) is 19.8 Å². The van der Waals surface area contributed by atoms with Gasteiger partial charge in [-0.05, 0) is 61.2 Å². The quantitative estimate of drug-likeness (QED) is 0.549. The predicted octanol–water partition coefficient (Wildman–Crippen LogP) is 4.60. The zero-order valence-corrected chi connectivity index (χ0v) is 19.2. The van der Waals surface area contributed by atoms with E-state index in [-0.39, 0.29) is 4.90 Å². The monoisotopic (exact) mass is 441 g/mol. The minimum absolute atomic E-state index is 0.0925. The fourth-order valence-corrected chi connectivity index (χ4v) is 4.17. The number of rotatable bonds is 8. The van der Waals surface area contributed by atoms with Crippen LogP contribution in [0.15, 0.2) is 53.4 Å². The number of ether oxygens (including phenoxy) is 2. The van der Waals surface area contributed by atoms with Gasteiger partial charge in [-0.15, -0.1) is 10.2 Å². The second-order valence-corrected chi connectivity index (χ2v) is 9.39. The number of hydrogen-bond acceptors (Lipinski definition) is 6. The molecule has 3 rings (SSSR count). The van der Waals surface area contributed by atoms with E-state index in [9.17, 15) is 8.42 Å². The van der Waals surface area contributed by atoms with Crippen LogP contribution in [-0.2, 0) is 10.0 Å². The average molecular weight is 442 g/mol. The first-order chi connectivity index (χ1) is 14.7. The normalized spacial score (nSPS) is 11.4. The molecule has 8 heteroatoms. The van der Waals surface area contributed by atoms with Crippen molar-refractivity contribution in [3.05, 3.63) is 59.7 Å². The van der Waals surface area contributed by atoms with Gasteiger partial charge in [-0.1, -0.05) is 26.0 Å². The number of methoxy groups -OCH3 is 1. The fraction of sp³-hybridized carbons (Fsp3) is 0.304. The summed E-state index contributed by atoms with van der Waals surface area (Å²) in [6, 6.07) is 13.9. The number of benzene rings is 2. The number of sulfonamides is 1. The Morgan fingerprint density at radius 1 is 1.00 bits per heavy atom. The van der Waals surface area contributed by atoms with E-state index >= 15 is 0 Å². The minimum Gasteiger partial charge on any atom is -0.495 e. The van der Waals surface area contributed by atoms with Crippen LogP contribution in [0.4, 0.5) is 5.69 Å². The summed E-state index contributed by atoms with van der Waals surface area (Å²) < 4.78 is 39.5. The van der Waals surface area contributed by atoms with Gasteiger partial charge in [0.05, 0.1) is 19.4 Å². The molecule has 0 aliphatic rings. The summed E-state index contributed by atoms with van der Waals surface area (Å²) in [4.78, 5) is 0.0925. The molecule has 31 heavy (non-hydrogen) atoms. The zero-order valence-electron chi connectivity index (χ0n) is 18.3. The fourth-order valence-electron chi connectivity index (χ4n) is 2.89. The van der Waals surface area contributed by atoms with E-state index in [0.717, 1.165) is 16.7 Å². The average Bonchev–Trinajstić information content (AvgIpc) is 2.74. The smallest absolute Gasteiger partial charge is 0.265 e. The van der Waals surface area contributed by atoms with E-state index in [4.69, 9.17) is 9.47 Å². The second kappa shape index (κ2) is 9.34. The molecular weight excluding hydrogens is 414 g/mol. The number of anilines is 1. The van der Waals surface area contributed by atoms with Crippen LogP contribution in [0.2, 0.25) is 0 Å². The number of nitrogens with zero attached hydrogens (tertiary/aromatic N) is 2. The predicted molar refractivity (Wildman–Crippen MR) is 121 cm³/mol. The molecule has 0 aliphatic carbocycles. The maximum Gasteiger partial charge on any atom is 0.265 e. The first-order valence-electron chi connectivity index (χ1n) is 9.94. The molecule has 2 aromatic carbocycles. The Labute approximate surface area is 183 Å².